The van der Waals surface area contributed by atoms with Crippen molar-refractivity contribution in [1.82, 2.24) is 20.2 Å². The normalized spacial score (nSPS) is 23.7. The molecule has 4 atom stereocenters. The minimum Gasteiger partial charge on any atom is -0.444 e. The minimum absolute atomic E-state index is 0.230. The maximum Gasteiger partial charge on any atom is 0.411 e. The molecule has 2 heterocycles. The second-order valence-electron chi connectivity index (χ2n) is 10.5. The molecule has 2 aliphatic heterocycles. The molecule has 4 unspecified atom stereocenters. The first-order valence-electron chi connectivity index (χ1n) is 12.0. The number of likely N-dealkylation sites (N-methyl/N-ethyl adjacent to an activating group) is 1. The zero-order valence-corrected chi connectivity index (χ0v) is 21.5. The molecule has 2 fully saturated rings. The maximum atomic E-state index is 13.3. The number of hydroxylamine groups is 2. The van der Waals surface area contributed by atoms with Gasteiger partial charge in [0.05, 0.1) is 12.6 Å². The first-order chi connectivity index (χ1) is 16.4. The largest absolute Gasteiger partial charge is 0.444 e. The second kappa shape index (κ2) is 10.5. The average molecular weight is 491 g/mol. The van der Waals surface area contributed by atoms with Gasteiger partial charge in [-0.25, -0.2) is 9.86 Å². The van der Waals surface area contributed by atoms with E-state index in [9.17, 15) is 19.5 Å². The number of amides is 3. The molecule has 3 rings (SSSR count). The highest BCUT2D eigenvalue weighted by atomic mass is 16.7. The molecule has 0 aromatic heterocycles. The van der Waals surface area contributed by atoms with Crippen molar-refractivity contribution >= 4 is 17.9 Å². The maximum absolute atomic E-state index is 13.3. The van der Waals surface area contributed by atoms with Gasteiger partial charge < -0.3 is 20.1 Å². The molecule has 10 heteroatoms. The third-order valence-electron chi connectivity index (χ3n) is 6.33. The molecule has 0 bridgehead atoms. The van der Waals surface area contributed by atoms with E-state index in [1.165, 1.54) is 21.8 Å². The number of nitrogens with zero attached hydrogens (tertiary/aromatic N) is 3. The lowest BCUT2D eigenvalue weighted by Crippen LogP contribution is -2.74. The Morgan fingerprint density at radius 1 is 1.26 bits per heavy atom. The third kappa shape index (κ3) is 5.94. The van der Waals surface area contributed by atoms with Crippen molar-refractivity contribution in [3.8, 4) is 0 Å². The van der Waals surface area contributed by atoms with Gasteiger partial charge in [0.15, 0.2) is 0 Å². The van der Waals surface area contributed by atoms with Crippen molar-refractivity contribution in [2.45, 2.75) is 76.5 Å². The van der Waals surface area contributed by atoms with Crippen molar-refractivity contribution < 1.29 is 29.1 Å². The van der Waals surface area contributed by atoms with Crippen LogP contribution in [0.5, 0.6) is 0 Å². The van der Waals surface area contributed by atoms with Gasteiger partial charge >= 0.3 is 6.09 Å². The van der Waals surface area contributed by atoms with Crippen LogP contribution >= 0.6 is 0 Å². The Labute approximate surface area is 207 Å². The first-order valence-corrected chi connectivity index (χ1v) is 12.0. The number of hydrogen-bond acceptors (Lipinski definition) is 7. The summed E-state index contributed by atoms with van der Waals surface area (Å²) in [6.45, 7) is 7.59. The summed E-state index contributed by atoms with van der Waals surface area (Å²) in [5.41, 5.74) is -0.844. The summed E-state index contributed by atoms with van der Waals surface area (Å²) < 4.78 is 5.66. The van der Waals surface area contributed by atoms with Crippen LogP contribution in [0, 0.1) is 0 Å². The molecule has 2 N–H and O–H groups in total. The van der Waals surface area contributed by atoms with Gasteiger partial charge in [0, 0.05) is 26.7 Å². The van der Waals surface area contributed by atoms with E-state index in [0.29, 0.717) is 12.8 Å². The van der Waals surface area contributed by atoms with Crippen LogP contribution in [0.25, 0.3) is 0 Å². The molecule has 35 heavy (non-hydrogen) atoms. The van der Waals surface area contributed by atoms with Gasteiger partial charge in [-0.15, -0.1) is 0 Å². The molecule has 0 aliphatic carbocycles. The lowest BCUT2D eigenvalue weighted by atomic mass is 9.88. The Kier molecular flexibility index (Phi) is 8.08. The van der Waals surface area contributed by atoms with Gasteiger partial charge in [0.1, 0.15) is 23.8 Å². The lowest BCUT2D eigenvalue weighted by Gasteiger charge is -2.50. The van der Waals surface area contributed by atoms with E-state index in [1.54, 1.807) is 34.9 Å². The molecule has 1 spiro atoms. The standard InChI is InChI=1S/C25H38N4O6/c1-17(30)20(21(31)27(5)6)26-14-19-12-13-25(29(19)23(33)35-24(2,3)4)16-28(22(25)32)34-15-18-10-8-7-9-11-18/h7-11,17,19-20,26,30H,12-16H2,1-6H3. The molecule has 0 saturated carbocycles. The molecular weight excluding hydrogens is 452 g/mol. The van der Waals surface area contributed by atoms with Crippen LogP contribution in [0.4, 0.5) is 4.79 Å². The van der Waals surface area contributed by atoms with Crippen molar-refractivity contribution in [3.05, 3.63) is 35.9 Å². The number of nitrogens with one attached hydrogen (secondary N) is 1. The van der Waals surface area contributed by atoms with Gasteiger partial charge in [-0.2, -0.15) is 0 Å². The molecule has 2 aliphatic rings. The molecular formula is C25H38N4O6. The van der Waals surface area contributed by atoms with E-state index < -0.39 is 29.4 Å². The molecule has 1 aromatic rings. The Balaban J connectivity index is 1.74. The Morgan fingerprint density at radius 2 is 1.91 bits per heavy atom. The summed E-state index contributed by atoms with van der Waals surface area (Å²) in [6.07, 6.45) is -0.496. The van der Waals surface area contributed by atoms with Gasteiger partial charge in [0.25, 0.3) is 5.91 Å². The van der Waals surface area contributed by atoms with E-state index in [1.807, 2.05) is 30.3 Å². The topological polar surface area (TPSA) is 112 Å². The fourth-order valence-electron chi connectivity index (χ4n) is 4.55. The predicted octanol–water partition coefficient (Wildman–Crippen LogP) is 1.53. The van der Waals surface area contributed by atoms with Crippen LogP contribution in [-0.4, -0.2) is 94.4 Å². The van der Waals surface area contributed by atoms with E-state index in [2.05, 4.69) is 5.32 Å². The highest BCUT2D eigenvalue weighted by Gasteiger charge is 2.64. The van der Waals surface area contributed by atoms with Crippen molar-refractivity contribution in [2.75, 3.05) is 27.2 Å². The number of aliphatic hydroxyl groups is 1. The van der Waals surface area contributed by atoms with E-state index in [0.717, 1.165) is 5.56 Å². The lowest BCUT2D eigenvalue weighted by molar-refractivity contribution is -0.241. The van der Waals surface area contributed by atoms with Crippen LogP contribution in [0.15, 0.2) is 30.3 Å². The minimum atomic E-state index is -1.04. The molecule has 3 amide bonds. The summed E-state index contributed by atoms with van der Waals surface area (Å²) in [6, 6.07) is 8.32. The van der Waals surface area contributed by atoms with Crippen LogP contribution in [0.2, 0.25) is 0 Å². The fourth-order valence-corrected chi connectivity index (χ4v) is 4.55. The zero-order chi connectivity index (χ0) is 26.0. The van der Waals surface area contributed by atoms with Crippen LogP contribution in [0.1, 0.15) is 46.1 Å². The number of rotatable bonds is 8. The summed E-state index contributed by atoms with van der Waals surface area (Å²) in [5, 5.41) is 14.5. The Morgan fingerprint density at radius 3 is 2.46 bits per heavy atom. The number of aliphatic hydroxyl groups excluding tert-OH is 1. The van der Waals surface area contributed by atoms with Gasteiger partial charge in [-0.3, -0.25) is 19.3 Å². The van der Waals surface area contributed by atoms with Crippen molar-refractivity contribution in [1.29, 1.82) is 0 Å². The number of hydrogen-bond donors (Lipinski definition) is 2. The predicted molar refractivity (Wildman–Crippen MR) is 129 cm³/mol. The van der Waals surface area contributed by atoms with Crippen LogP contribution < -0.4 is 5.32 Å². The van der Waals surface area contributed by atoms with Crippen LogP contribution in [0.3, 0.4) is 0 Å². The molecule has 194 valence electrons. The molecule has 0 radical (unpaired) electrons. The highest BCUT2D eigenvalue weighted by Crippen LogP contribution is 2.43. The summed E-state index contributed by atoms with van der Waals surface area (Å²) in [4.78, 5) is 47.7. The number of ether oxygens (including phenoxy) is 1. The number of likely N-dealkylation sites (tertiary alicyclic amines) is 1. The third-order valence-corrected chi connectivity index (χ3v) is 6.33. The monoisotopic (exact) mass is 490 g/mol. The van der Waals surface area contributed by atoms with Gasteiger partial charge in [0.2, 0.25) is 5.91 Å². The average Bonchev–Trinajstić information content (AvgIpc) is 3.17. The number of carbonyl (C=O) groups excluding carboxylic acids is 3. The van der Waals surface area contributed by atoms with Crippen molar-refractivity contribution in [2.24, 2.45) is 0 Å². The fraction of sp³-hybridized carbons (Fsp3) is 0.640. The zero-order valence-electron chi connectivity index (χ0n) is 21.5. The first kappa shape index (κ1) is 26.9. The molecule has 2 saturated heterocycles. The molecule has 10 nitrogen and oxygen atoms in total. The van der Waals surface area contributed by atoms with E-state index in [4.69, 9.17) is 9.57 Å². The van der Waals surface area contributed by atoms with E-state index in [-0.39, 0.29) is 37.6 Å². The Hall–Kier alpha value is -2.69. The SMILES string of the molecule is CC(O)C(NCC1CCC2(CN(OCc3ccccc3)C2=O)N1C(=O)OC(C)(C)C)C(=O)N(C)C. The van der Waals surface area contributed by atoms with Gasteiger partial charge in [-0.05, 0) is 46.1 Å². The van der Waals surface area contributed by atoms with E-state index >= 15 is 0 Å². The summed E-state index contributed by atoms with van der Waals surface area (Å²) in [7, 11) is 3.24. The quantitative estimate of drug-likeness (QED) is 0.532. The highest BCUT2D eigenvalue weighted by molar-refractivity contribution is 5.95. The molecule has 1 aromatic carbocycles. The summed E-state index contributed by atoms with van der Waals surface area (Å²) >= 11 is 0. The Bertz CT molecular complexity index is 916. The second-order valence-corrected chi connectivity index (χ2v) is 10.5. The smallest absolute Gasteiger partial charge is 0.411 e. The van der Waals surface area contributed by atoms with Crippen molar-refractivity contribution in [3.63, 3.8) is 0 Å². The number of benzene rings is 1. The van der Waals surface area contributed by atoms with Crippen LogP contribution in [-0.2, 0) is 25.8 Å². The number of β-lactam (4-membered cyclic amide) rings is 1. The summed E-state index contributed by atoms with van der Waals surface area (Å²) in [5.74, 6) is -0.546. The van der Waals surface area contributed by atoms with Gasteiger partial charge in [-0.1, -0.05) is 30.3 Å². The number of carbonyl (C=O) groups is 3.